The number of aromatic nitrogens is 3. The number of rotatable bonds is 2. The van der Waals surface area contributed by atoms with Crippen LogP contribution >= 0.6 is 15.9 Å². The van der Waals surface area contributed by atoms with Gasteiger partial charge in [-0.15, -0.1) is 0 Å². The van der Waals surface area contributed by atoms with Crippen LogP contribution in [0.5, 0.6) is 0 Å². The largest absolute Gasteiger partial charge is 0.462 e. The monoisotopic (exact) mass is 269 g/mol. The van der Waals surface area contributed by atoms with Crippen molar-refractivity contribution in [3.63, 3.8) is 0 Å². The van der Waals surface area contributed by atoms with Crippen LogP contribution in [0.15, 0.2) is 23.1 Å². The molecule has 0 radical (unpaired) electrons. The van der Waals surface area contributed by atoms with Gasteiger partial charge in [-0.2, -0.15) is 5.10 Å². The predicted molar refractivity (Wildman–Crippen MR) is 56.6 cm³/mol. The van der Waals surface area contributed by atoms with Crippen LogP contribution in [0.4, 0.5) is 0 Å². The Balaban J connectivity index is 2.52. The van der Waals surface area contributed by atoms with Crippen LogP contribution in [0, 0.1) is 0 Å². The second-order valence-electron chi connectivity index (χ2n) is 2.80. The predicted octanol–water partition coefficient (Wildman–Crippen LogP) is 1.67. The molecule has 0 bridgehead atoms. The van der Waals surface area contributed by atoms with Gasteiger partial charge in [-0.25, -0.2) is 14.3 Å². The van der Waals surface area contributed by atoms with Gasteiger partial charge in [0.2, 0.25) is 0 Å². The minimum Gasteiger partial charge on any atom is -0.462 e. The van der Waals surface area contributed by atoms with Gasteiger partial charge in [0.15, 0.2) is 5.65 Å². The summed E-state index contributed by atoms with van der Waals surface area (Å²) in [7, 11) is 0. The number of ether oxygens (including phenoxy) is 1. The first-order chi connectivity index (χ1) is 7.22. The van der Waals surface area contributed by atoms with Gasteiger partial charge in [-0.05, 0) is 28.9 Å². The lowest BCUT2D eigenvalue weighted by Gasteiger charge is -1.98. The van der Waals surface area contributed by atoms with E-state index in [4.69, 9.17) is 4.74 Å². The van der Waals surface area contributed by atoms with E-state index in [0.29, 0.717) is 22.4 Å². The van der Waals surface area contributed by atoms with Crippen LogP contribution in [0.25, 0.3) is 5.65 Å². The van der Waals surface area contributed by atoms with Crippen LogP contribution in [-0.4, -0.2) is 27.2 Å². The smallest absolute Gasteiger partial charge is 0.343 e. The highest BCUT2D eigenvalue weighted by Gasteiger charge is 2.14. The minimum absolute atomic E-state index is 0.337. The fourth-order valence-corrected chi connectivity index (χ4v) is 1.49. The molecule has 2 rings (SSSR count). The number of halogens is 1. The molecule has 0 atom stereocenters. The van der Waals surface area contributed by atoms with Crippen molar-refractivity contribution in [3.05, 3.63) is 28.6 Å². The molecule has 0 unspecified atom stereocenters. The van der Waals surface area contributed by atoms with E-state index >= 15 is 0 Å². The highest BCUT2D eigenvalue weighted by atomic mass is 79.9. The Morgan fingerprint density at radius 3 is 3.20 bits per heavy atom. The van der Waals surface area contributed by atoms with E-state index in [-0.39, 0.29) is 0 Å². The average molecular weight is 270 g/mol. The topological polar surface area (TPSA) is 56.5 Å². The molecule has 5 nitrogen and oxygen atoms in total. The summed E-state index contributed by atoms with van der Waals surface area (Å²) in [5, 5.41) is 4.00. The second kappa shape index (κ2) is 3.98. The Morgan fingerprint density at radius 1 is 1.67 bits per heavy atom. The molecule has 2 aromatic heterocycles. The molecule has 0 amide bonds. The maximum atomic E-state index is 11.5. The molecule has 0 fully saturated rings. The van der Waals surface area contributed by atoms with E-state index < -0.39 is 5.97 Å². The minimum atomic E-state index is -0.405. The van der Waals surface area contributed by atoms with Crippen molar-refractivity contribution in [3.8, 4) is 0 Å². The van der Waals surface area contributed by atoms with Gasteiger partial charge >= 0.3 is 5.97 Å². The zero-order valence-electron chi connectivity index (χ0n) is 7.98. The van der Waals surface area contributed by atoms with Crippen molar-refractivity contribution < 1.29 is 9.53 Å². The first-order valence-electron chi connectivity index (χ1n) is 4.39. The van der Waals surface area contributed by atoms with Gasteiger partial charge in [0.05, 0.1) is 12.8 Å². The van der Waals surface area contributed by atoms with Gasteiger partial charge in [0.1, 0.15) is 10.2 Å². The number of carbonyl (C=O) groups excluding carboxylic acids is 1. The van der Waals surface area contributed by atoms with Crippen LogP contribution in [0.2, 0.25) is 0 Å². The fraction of sp³-hybridized carbons (Fsp3) is 0.222. The molecule has 0 aliphatic carbocycles. The summed E-state index contributed by atoms with van der Waals surface area (Å²) in [6, 6.07) is 1.74. The van der Waals surface area contributed by atoms with Crippen molar-refractivity contribution in [2.24, 2.45) is 0 Å². The van der Waals surface area contributed by atoms with Gasteiger partial charge in [0, 0.05) is 6.20 Å². The number of hydrogen-bond acceptors (Lipinski definition) is 4. The van der Waals surface area contributed by atoms with Crippen molar-refractivity contribution in [2.75, 3.05) is 6.61 Å². The number of hydrogen-bond donors (Lipinski definition) is 0. The van der Waals surface area contributed by atoms with E-state index in [2.05, 4.69) is 26.0 Å². The summed E-state index contributed by atoms with van der Waals surface area (Å²) in [4.78, 5) is 15.7. The first kappa shape index (κ1) is 10.1. The van der Waals surface area contributed by atoms with Crippen LogP contribution < -0.4 is 0 Å². The highest BCUT2D eigenvalue weighted by molar-refractivity contribution is 9.10. The number of fused-ring (bicyclic) bond motifs is 1. The Bertz CT molecular complexity index is 509. The van der Waals surface area contributed by atoms with E-state index in [9.17, 15) is 4.79 Å². The Hall–Kier alpha value is -1.43. The second-order valence-corrected chi connectivity index (χ2v) is 3.61. The third-order valence-electron chi connectivity index (χ3n) is 1.83. The van der Waals surface area contributed by atoms with Crippen LogP contribution in [0.1, 0.15) is 17.3 Å². The lowest BCUT2D eigenvalue weighted by molar-refractivity contribution is 0.0528. The molecule has 2 aromatic rings. The Morgan fingerprint density at radius 2 is 2.47 bits per heavy atom. The molecule has 0 saturated carbocycles. The SMILES string of the molecule is CCOC(=O)c1cnn2ccc(Br)nc12. The van der Waals surface area contributed by atoms with Crippen molar-refractivity contribution in [1.82, 2.24) is 14.6 Å². The van der Waals surface area contributed by atoms with Crippen LogP contribution in [0.3, 0.4) is 0 Å². The molecule has 15 heavy (non-hydrogen) atoms. The third-order valence-corrected chi connectivity index (χ3v) is 2.27. The normalized spacial score (nSPS) is 10.5. The first-order valence-corrected chi connectivity index (χ1v) is 5.18. The van der Waals surface area contributed by atoms with Gasteiger partial charge in [-0.3, -0.25) is 0 Å². The highest BCUT2D eigenvalue weighted by Crippen LogP contribution is 2.12. The summed E-state index contributed by atoms with van der Waals surface area (Å²) < 4.78 is 7.07. The Kier molecular flexibility index (Phi) is 2.68. The average Bonchev–Trinajstić information content (AvgIpc) is 2.60. The molecule has 2 heterocycles. The molecule has 0 aromatic carbocycles. The zero-order chi connectivity index (χ0) is 10.8. The fourth-order valence-electron chi connectivity index (χ4n) is 1.20. The van der Waals surface area contributed by atoms with E-state index in [1.165, 1.54) is 10.7 Å². The summed E-state index contributed by atoms with van der Waals surface area (Å²) in [5.41, 5.74) is 0.862. The van der Waals surface area contributed by atoms with E-state index in [0.717, 1.165) is 0 Å². The summed E-state index contributed by atoms with van der Waals surface area (Å²) >= 11 is 3.24. The van der Waals surface area contributed by atoms with Gasteiger partial charge in [-0.1, -0.05) is 0 Å². The summed E-state index contributed by atoms with van der Waals surface area (Å²) in [6.07, 6.45) is 3.17. The number of nitrogens with zero attached hydrogens (tertiary/aromatic N) is 3. The molecule has 0 saturated heterocycles. The maximum absolute atomic E-state index is 11.5. The summed E-state index contributed by atoms with van der Waals surface area (Å²) in [6.45, 7) is 2.09. The van der Waals surface area contributed by atoms with Gasteiger partial charge < -0.3 is 4.74 Å². The molecular weight excluding hydrogens is 262 g/mol. The van der Waals surface area contributed by atoms with E-state index in [1.807, 2.05) is 0 Å². The van der Waals surface area contributed by atoms with Gasteiger partial charge in [0.25, 0.3) is 0 Å². The molecule has 6 heteroatoms. The molecule has 0 aliphatic heterocycles. The lowest BCUT2D eigenvalue weighted by atomic mass is 10.3. The van der Waals surface area contributed by atoms with E-state index in [1.54, 1.807) is 19.2 Å². The maximum Gasteiger partial charge on any atom is 0.343 e. The molecular formula is C9H8BrN3O2. The quantitative estimate of drug-likeness (QED) is 0.615. The third kappa shape index (κ3) is 1.85. The Labute approximate surface area is 94.2 Å². The molecule has 0 spiro atoms. The van der Waals surface area contributed by atoms with Crippen molar-refractivity contribution in [2.45, 2.75) is 6.92 Å². The van der Waals surface area contributed by atoms with Crippen molar-refractivity contribution >= 4 is 27.5 Å². The molecule has 78 valence electrons. The zero-order valence-corrected chi connectivity index (χ0v) is 9.56. The number of carbonyl (C=O) groups is 1. The number of esters is 1. The molecule has 0 N–H and O–H groups in total. The standard InChI is InChI=1S/C9H8BrN3O2/c1-2-15-9(14)6-5-11-13-4-3-7(10)12-8(6)13/h3-5H,2H2,1H3. The summed E-state index contributed by atoms with van der Waals surface area (Å²) in [5.74, 6) is -0.405. The lowest BCUT2D eigenvalue weighted by Crippen LogP contribution is -2.04. The molecule has 0 aliphatic rings. The van der Waals surface area contributed by atoms with Crippen LogP contribution in [-0.2, 0) is 4.74 Å². The van der Waals surface area contributed by atoms with Crippen molar-refractivity contribution in [1.29, 1.82) is 0 Å².